The molecule has 0 saturated carbocycles. The minimum atomic E-state index is -0.524. The Hall–Kier alpha value is -3.35. The molecule has 0 aliphatic heterocycles. The van der Waals surface area contributed by atoms with Crippen LogP contribution in [0, 0.1) is 12.7 Å². The summed E-state index contributed by atoms with van der Waals surface area (Å²) in [6.45, 7) is 3.45. The van der Waals surface area contributed by atoms with Gasteiger partial charge in [0.1, 0.15) is 5.75 Å². The molecule has 0 spiro atoms. The number of halogens is 1. The molecule has 0 bridgehead atoms. The predicted octanol–water partition coefficient (Wildman–Crippen LogP) is 4.07. The van der Waals surface area contributed by atoms with Gasteiger partial charge in [-0.15, -0.1) is 0 Å². The Morgan fingerprint density at radius 2 is 1.96 bits per heavy atom. The van der Waals surface area contributed by atoms with Crippen LogP contribution in [0.5, 0.6) is 5.75 Å². The van der Waals surface area contributed by atoms with Crippen LogP contribution >= 0.6 is 0 Å². The standard InChI is InChI=1S/C20H18FNO5/c1-3-25-17(23)11-26-14-7-4-6-13(10-14)22-20(24)18-12(2)15-8-5-9-16(21)19(15)27-18/h4-10H,3,11H2,1-2H3,(H,22,24). The molecule has 1 N–H and O–H groups in total. The van der Waals surface area contributed by atoms with Crippen molar-refractivity contribution in [3.8, 4) is 5.75 Å². The molecule has 0 fully saturated rings. The van der Waals surface area contributed by atoms with E-state index in [0.717, 1.165) is 0 Å². The van der Waals surface area contributed by atoms with Crippen LogP contribution in [-0.2, 0) is 9.53 Å². The molecule has 1 aromatic heterocycles. The van der Waals surface area contributed by atoms with Gasteiger partial charge < -0.3 is 19.2 Å². The Balaban J connectivity index is 1.75. The molecule has 3 aromatic rings. The van der Waals surface area contributed by atoms with Gasteiger partial charge in [-0.25, -0.2) is 9.18 Å². The fourth-order valence-corrected chi connectivity index (χ4v) is 2.62. The van der Waals surface area contributed by atoms with Crippen LogP contribution in [0.15, 0.2) is 46.9 Å². The topological polar surface area (TPSA) is 77.8 Å². The zero-order chi connectivity index (χ0) is 19.4. The van der Waals surface area contributed by atoms with Gasteiger partial charge in [-0.2, -0.15) is 0 Å². The number of carbonyl (C=O) groups excluding carboxylic acids is 2. The molecule has 0 radical (unpaired) electrons. The zero-order valence-corrected chi connectivity index (χ0v) is 14.9. The lowest BCUT2D eigenvalue weighted by Crippen LogP contribution is -2.15. The summed E-state index contributed by atoms with van der Waals surface area (Å²) >= 11 is 0. The van der Waals surface area contributed by atoms with Gasteiger partial charge in [0, 0.05) is 22.7 Å². The van der Waals surface area contributed by atoms with E-state index in [9.17, 15) is 14.0 Å². The molecule has 0 saturated heterocycles. The third kappa shape index (κ3) is 4.08. The number of para-hydroxylation sites is 1. The summed E-state index contributed by atoms with van der Waals surface area (Å²) < 4.78 is 29.4. The molecule has 0 aliphatic carbocycles. The molecule has 1 amide bonds. The van der Waals surface area contributed by atoms with Crippen molar-refractivity contribution < 1.29 is 27.9 Å². The summed E-state index contributed by atoms with van der Waals surface area (Å²) in [6, 6.07) is 11.1. The van der Waals surface area contributed by atoms with Crippen LogP contribution < -0.4 is 10.1 Å². The number of benzene rings is 2. The lowest BCUT2D eigenvalue weighted by molar-refractivity contribution is -0.145. The van der Waals surface area contributed by atoms with Crippen LogP contribution in [0.25, 0.3) is 11.0 Å². The fourth-order valence-electron chi connectivity index (χ4n) is 2.62. The molecule has 0 aliphatic rings. The van der Waals surface area contributed by atoms with Crippen molar-refractivity contribution in [1.29, 1.82) is 0 Å². The number of esters is 1. The maximum atomic E-state index is 13.8. The van der Waals surface area contributed by atoms with Crippen molar-refractivity contribution in [1.82, 2.24) is 0 Å². The molecule has 3 rings (SSSR count). The Morgan fingerprint density at radius 1 is 1.19 bits per heavy atom. The lowest BCUT2D eigenvalue weighted by Gasteiger charge is -2.08. The van der Waals surface area contributed by atoms with Crippen LogP contribution in [0.1, 0.15) is 23.0 Å². The van der Waals surface area contributed by atoms with Gasteiger partial charge in [-0.3, -0.25) is 4.79 Å². The minimum absolute atomic E-state index is 0.0351. The smallest absolute Gasteiger partial charge is 0.344 e. The number of aryl methyl sites for hydroxylation is 1. The van der Waals surface area contributed by atoms with Gasteiger partial charge in [0.2, 0.25) is 0 Å². The highest BCUT2D eigenvalue weighted by atomic mass is 19.1. The van der Waals surface area contributed by atoms with E-state index in [4.69, 9.17) is 13.9 Å². The van der Waals surface area contributed by atoms with Crippen LogP contribution in [-0.4, -0.2) is 25.1 Å². The molecule has 0 atom stereocenters. The summed E-state index contributed by atoms with van der Waals surface area (Å²) in [5.74, 6) is -1.08. The third-order valence-corrected chi connectivity index (χ3v) is 3.88. The summed E-state index contributed by atoms with van der Waals surface area (Å²) in [7, 11) is 0. The number of fused-ring (bicyclic) bond motifs is 1. The average molecular weight is 371 g/mol. The van der Waals surface area contributed by atoms with Crippen molar-refractivity contribution in [3.63, 3.8) is 0 Å². The molecule has 6 nitrogen and oxygen atoms in total. The number of amides is 1. The first kappa shape index (κ1) is 18.4. The first-order chi connectivity index (χ1) is 13.0. The Kier molecular flexibility index (Phi) is 5.40. The van der Waals surface area contributed by atoms with Gasteiger partial charge in [-0.1, -0.05) is 18.2 Å². The number of furan rings is 1. The number of hydrogen-bond acceptors (Lipinski definition) is 5. The van der Waals surface area contributed by atoms with Crippen LogP contribution in [0.4, 0.5) is 10.1 Å². The molecule has 27 heavy (non-hydrogen) atoms. The molecular formula is C20H18FNO5. The number of ether oxygens (including phenoxy) is 2. The van der Waals surface area contributed by atoms with E-state index in [1.165, 1.54) is 6.07 Å². The molecule has 2 aromatic carbocycles. The highest BCUT2D eigenvalue weighted by Gasteiger charge is 2.19. The second-order valence-electron chi connectivity index (χ2n) is 5.75. The first-order valence-corrected chi connectivity index (χ1v) is 8.37. The number of carbonyl (C=O) groups is 2. The minimum Gasteiger partial charge on any atom is -0.482 e. The maximum Gasteiger partial charge on any atom is 0.344 e. The van der Waals surface area contributed by atoms with Crippen LogP contribution in [0.2, 0.25) is 0 Å². The van der Waals surface area contributed by atoms with E-state index in [-0.39, 0.29) is 24.6 Å². The highest BCUT2D eigenvalue weighted by Crippen LogP contribution is 2.28. The average Bonchev–Trinajstić information content (AvgIpc) is 2.99. The Bertz CT molecular complexity index is 995. The van der Waals surface area contributed by atoms with Crippen molar-refractivity contribution >= 4 is 28.5 Å². The van der Waals surface area contributed by atoms with Crippen molar-refractivity contribution in [2.75, 3.05) is 18.5 Å². The van der Waals surface area contributed by atoms with E-state index >= 15 is 0 Å². The normalized spacial score (nSPS) is 10.6. The summed E-state index contributed by atoms with van der Waals surface area (Å²) in [5.41, 5.74) is 1.05. The zero-order valence-electron chi connectivity index (χ0n) is 14.9. The van der Waals surface area contributed by atoms with Gasteiger partial charge in [0.05, 0.1) is 6.61 Å². The van der Waals surface area contributed by atoms with E-state index in [0.29, 0.717) is 22.4 Å². The highest BCUT2D eigenvalue weighted by molar-refractivity contribution is 6.06. The van der Waals surface area contributed by atoms with E-state index in [1.807, 2.05) is 0 Å². The number of rotatable bonds is 6. The SMILES string of the molecule is CCOC(=O)COc1cccc(NC(=O)c2oc3c(F)cccc3c2C)c1. The molecule has 1 heterocycles. The Morgan fingerprint density at radius 3 is 2.70 bits per heavy atom. The fraction of sp³-hybridized carbons (Fsp3) is 0.200. The molecule has 0 unspecified atom stereocenters. The summed E-state index contributed by atoms with van der Waals surface area (Å²) in [6.07, 6.45) is 0. The summed E-state index contributed by atoms with van der Waals surface area (Å²) in [4.78, 5) is 23.9. The number of anilines is 1. The largest absolute Gasteiger partial charge is 0.482 e. The third-order valence-electron chi connectivity index (χ3n) is 3.88. The maximum absolute atomic E-state index is 13.8. The first-order valence-electron chi connectivity index (χ1n) is 8.37. The monoisotopic (exact) mass is 371 g/mol. The Labute approximate surface area is 154 Å². The number of hydrogen-bond donors (Lipinski definition) is 1. The summed E-state index contributed by atoms with van der Waals surface area (Å²) in [5, 5.41) is 3.23. The number of nitrogens with one attached hydrogen (secondary N) is 1. The van der Waals surface area contributed by atoms with Gasteiger partial charge in [-0.05, 0) is 32.0 Å². The van der Waals surface area contributed by atoms with Gasteiger partial charge in [0.15, 0.2) is 23.8 Å². The molecule has 140 valence electrons. The van der Waals surface area contributed by atoms with Crippen LogP contribution in [0.3, 0.4) is 0 Å². The van der Waals surface area contributed by atoms with Gasteiger partial charge >= 0.3 is 5.97 Å². The predicted molar refractivity (Wildman–Crippen MR) is 97.4 cm³/mol. The molecule has 7 heteroatoms. The second kappa shape index (κ2) is 7.90. The molecular weight excluding hydrogens is 353 g/mol. The quantitative estimate of drug-likeness (QED) is 0.661. The second-order valence-corrected chi connectivity index (χ2v) is 5.75. The van der Waals surface area contributed by atoms with E-state index < -0.39 is 17.7 Å². The van der Waals surface area contributed by atoms with Crippen molar-refractivity contribution in [2.45, 2.75) is 13.8 Å². The van der Waals surface area contributed by atoms with E-state index in [1.54, 1.807) is 50.2 Å². The lowest BCUT2D eigenvalue weighted by atomic mass is 10.1. The van der Waals surface area contributed by atoms with E-state index in [2.05, 4.69) is 5.32 Å². The van der Waals surface area contributed by atoms with Crippen molar-refractivity contribution in [2.24, 2.45) is 0 Å². The van der Waals surface area contributed by atoms with Gasteiger partial charge in [0.25, 0.3) is 5.91 Å². The van der Waals surface area contributed by atoms with Crippen molar-refractivity contribution in [3.05, 3.63) is 59.6 Å².